The van der Waals surface area contributed by atoms with E-state index in [1.807, 2.05) is 25.1 Å². The van der Waals surface area contributed by atoms with Gasteiger partial charge in [-0.2, -0.15) is 0 Å². The first kappa shape index (κ1) is 13.5. The number of methoxy groups -OCH3 is 1. The lowest BCUT2D eigenvalue weighted by Gasteiger charge is -2.13. The second-order valence-corrected chi connectivity index (χ2v) is 4.52. The fourth-order valence-corrected chi connectivity index (χ4v) is 1.80. The summed E-state index contributed by atoms with van der Waals surface area (Å²) in [4.78, 5) is 0. The van der Waals surface area contributed by atoms with Crippen LogP contribution < -0.4 is 10.5 Å². The van der Waals surface area contributed by atoms with E-state index in [-0.39, 0.29) is 6.10 Å². The highest BCUT2D eigenvalue weighted by Gasteiger charge is 2.05. The van der Waals surface area contributed by atoms with E-state index in [1.54, 1.807) is 7.11 Å². The molecule has 0 aliphatic heterocycles. The summed E-state index contributed by atoms with van der Waals surface area (Å²) < 4.78 is 11.7. The van der Waals surface area contributed by atoms with Crippen LogP contribution in [0.5, 0.6) is 5.75 Å². The standard InChI is InChI=1S/C12H18BrNO2/c1-9(15-2)8-16-12-4-3-10(5-6-14)7-11(12)13/h3-4,7,9H,5-6,8,14H2,1-2H3. The lowest BCUT2D eigenvalue weighted by atomic mass is 10.1. The Kier molecular flexibility index (Phi) is 5.80. The number of hydrogen-bond acceptors (Lipinski definition) is 3. The summed E-state index contributed by atoms with van der Waals surface area (Å²) in [5.41, 5.74) is 6.71. The third kappa shape index (κ3) is 4.12. The maximum atomic E-state index is 5.62. The molecule has 1 unspecified atom stereocenters. The van der Waals surface area contributed by atoms with E-state index in [9.17, 15) is 0 Å². The zero-order valence-electron chi connectivity index (χ0n) is 9.70. The first-order chi connectivity index (χ1) is 7.67. The molecule has 0 bridgehead atoms. The highest BCUT2D eigenvalue weighted by atomic mass is 79.9. The molecular formula is C12H18BrNO2. The van der Waals surface area contributed by atoms with Crippen LogP contribution in [0.15, 0.2) is 22.7 Å². The molecule has 0 fully saturated rings. The summed E-state index contributed by atoms with van der Waals surface area (Å²) in [7, 11) is 1.67. The average molecular weight is 288 g/mol. The molecule has 0 saturated heterocycles. The molecule has 0 aromatic heterocycles. The number of ether oxygens (including phenoxy) is 2. The van der Waals surface area contributed by atoms with Gasteiger partial charge in [-0.05, 0) is 53.5 Å². The highest BCUT2D eigenvalue weighted by molar-refractivity contribution is 9.10. The molecule has 1 atom stereocenters. The molecule has 0 aliphatic carbocycles. The third-order valence-corrected chi connectivity index (χ3v) is 2.92. The van der Waals surface area contributed by atoms with Crippen LogP contribution in [0.1, 0.15) is 12.5 Å². The van der Waals surface area contributed by atoms with Gasteiger partial charge in [-0.3, -0.25) is 0 Å². The van der Waals surface area contributed by atoms with Crippen molar-refractivity contribution in [2.75, 3.05) is 20.3 Å². The second-order valence-electron chi connectivity index (χ2n) is 3.66. The molecule has 4 heteroatoms. The predicted octanol–water partition coefficient (Wildman–Crippen LogP) is 2.36. The summed E-state index contributed by atoms with van der Waals surface area (Å²) in [6.45, 7) is 3.18. The molecule has 1 aromatic rings. The topological polar surface area (TPSA) is 44.5 Å². The van der Waals surface area contributed by atoms with Crippen molar-refractivity contribution < 1.29 is 9.47 Å². The van der Waals surface area contributed by atoms with E-state index < -0.39 is 0 Å². The lowest BCUT2D eigenvalue weighted by molar-refractivity contribution is 0.0714. The van der Waals surface area contributed by atoms with Crippen molar-refractivity contribution in [3.63, 3.8) is 0 Å². The minimum atomic E-state index is 0.0932. The third-order valence-electron chi connectivity index (χ3n) is 2.31. The summed E-state index contributed by atoms with van der Waals surface area (Å²) in [6, 6.07) is 6.03. The summed E-state index contributed by atoms with van der Waals surface area (Å²) in [6.07, 6.45) is 0.975. The number of benzene rings is 1. The predicted molar refractivity (Wildman–Crippen MR) is 68.9 cm³/mol. The largest absolute Gasteiger partial charge is 0.490 e. The Morgan fingerprint density at radius 2 is 2.19 bits per heavy atom. The van der Waals surface area contributed by atoms with Crippen molar-refractivity contribution in [3.05, 3.63) is 28.2 Å². The first-order valence-corrected chi connectivity index (χ1v) is 6.10. The summed E-state index contributed by atoms with van der Waals surface area (Å²) in [5, 5.41) is 0. The van der Waals surface area contributed by atoms with Crippen molar-refractivity contribution in [1.29, 1.82) is 0 Å². The van der Waals surface area contributed by atoms with E-state index >= 15 is 0 Å². The molecular weight excluding hydrogens is 270 g/mol. The Hall–Kier alpha value is -0.580. The van der Waals surface area contributed by atoms with Gasteiger partial charge in [-0.25, -0.2) is 0 Å². The molecule has 16 heavy (non-hydrogen) atoms. The molecule has 90 valence electrons. The van der Waals surface area contributed by atoms with Crippen LogP contribution in [-0.4, -0.2) is 26.4 Å². The van der Waals surface area contributed by atoms with E-state index in [2.05, 4.69) is 15.9 Å². The zero-order valence-corrected chi connectivity index (χ0v) is 11.3. The van der Waals surface area contributed by atoms with Crippen molar-refractivity contribution in [3.8, 4) is 5.75 Å². The van der Waals surface area contributed by atoms with Gasteiger partial charge >= 0.3 is 0 Å². The Morgan fingerprint density at radius 3 is 2.75 bits per heavy atom. The van der Waals surface area contributed by atoms with Crippen molar-refractivity contribution in [2.45, 2.75) is 19.4 Å². The lowest BCUT2D eigenvalue weighted by Crippen LogP contribution is -2.16. The molecule has 3 nitrogen and oxygen atoms in total. The van der Waals surface area contributed by atoms with Crippen molar-refractivity contribution in [2.24, 2.45) is 5.73 Å². The second kappa shape index (κ2) is 6.89. The SMILES string of the molecule is COC(C)COc1ccc(CCN)cc1Br. The molecule has 1 rings (SSSR count). The van der Waals surface area contributed by atoms with Gasteiger partial charge in [-0.1, -0.05) is 6.07 Å². The van der Waals surface area contributed by atoms with Crippen LogP contribution in [0.2, 0.25) is 0 Å². The Balaban J connectivity index is 2.60. The molecule has 0 spiro atoms. The highest BCUT2D eigenvalue weighted by Crippen LogP contribution is 2.26. The van der Waals surface area contributed by atoms with E-state index in [0.717, 1.165) is 16.6 Å². The van der Waals surface area contributed by atoms with Crippen LogP contribution in [0.4, 0.5) is 0 Å². The van der Waals surface area contributed by atoms with Crippen LogP contribution >= 0.6 is 15.9 Å². The van der Waals surface area contributed by atoms with Gasteiger partial charge in [0.2, 0.25) is 0 Å². The van der Waals surface area contributed by atoms with Crippen LogP contribution in [0.25, 0.3) is 0 Å². The Bertz CT molecular complexity index is 331. The van der Waals surface area contributed by atoms with E-state index in [0.29, 0.717) is 13.2 Å². The average Bonchev–Trinajstić information content (AvgIpc) is 2.28. The van der Waals surface area contributed by atoms with Crippen molar-refractivity contribution in [1.82, 2.24) is 0 Å². The molecule has 0 amide bonds. The quantitative estimate of drug-likeness (QED) is 0.874. The fourth-order valence-electron chi connectivity index (χ4n) is 1.26. The maximum absolute atomic E-state index is 5.62. The van der Waals surface area contributed by atoms with E-state index in [4.69, 9.17) is 15.2 Å². The number of nitrogens with two attached hydrogens (primary N) is 1. The molecule has 2 N–H and O–H groups in total. The van der Waals surface area contributed by atoms with Gasteiger partial charge in [0.15, 0.2) is 0 Å². The van der Waals surface area contributed by atoms with Gasteiger partial charge in [-0.15, -0.1) is 0 Å². The van der Waals surface area contributed by atoms with Crippen molar-refractivity contribution >= 4 is 15.9 Å². The minimum absolute atomic E-state index is 0.0932. The smallest absolute Gasteiger partial charge is 0.133 e. The van der Waals surface area contributed by atoms with Crippen LogP contribution in [0, 0.1) is 0 Å². The van der Waals surface area contributed by atoms with Crippen LogP contribution in [-0.2, 0) is 11.2 Å². The summed E-state index contributed by atoms with van der Waals surface area (Å²) >= 11 is 3.48. The maximum Gasteiger partial charge on any atom is 0.133 e. The van der Waals surface area contributed by atoms with Gasteiger partial charge in [0.1, 0.15) is 12.4 Å². The molecule has 0 aliphatic rings. The molecule has 1 aromatic carbocycles. The van der Waals surface area contributed by atoms with Gasteiger partial charge in [0, 0.05) is 7.11 Å². The fraction of sp³-hybridized carbons (Fsp3) is 0.500. The number of halogens is 1. The normalized spacial score (nSPS) is 12.5. The molecule has 0 saturated carbocycles. The first-order valence-electron chi connectivity index (χ1n) is 5.31. The van der Waals surface area contributed by atoms with E-state index in [1.165, 1.54) is 5.56 Å². The number of rotatable bonds is 6. The molecule has 0 radical (unpaired) electrons. The number of hydrogen-bond donors (Lipinski definition) is 1. The molecule has 0 heterocycles. The van der Waals surface area contributed by atoms with Gasteiger partial charge < -0.3 is 15.2 Å². The summed E-state index contributed by atoms with van der Waals surface area (Å²) in [5.74, 6) is 0.838. The van der Waals surface area contributed by atoms with Gasteiger partial charge in [0.05, 0.1) is 10.6 Å². The minimum Gasteiger partial charge on any atom is -0.490 e. The Labute approximate surface area is 105 Å². The monoisotopic (exact) mass is 287 g/mol. The van der Waals surface area contributed by atoms with Crippen LogP contribution in [0.3, 0.4) is 0 Å². The Morgan fingerprint density at radius 1 is 1.44 bits per heavy atom. The zero-order chi connectivity index (χ0) is 12.0. The van der Waals surface area contributed by atoms with Gasteiger partial charge in [0.25, 0.3) is 0 Å².